The van der Waals surface area contributed by atoms with Gasteiger partial charge in [-0.15, -0.1) is 0 Å². The van der Waals surface area contributed by atoms with Crippen molar-refractivity contribution >= 4 is 22.6 Å². The van der Waals surface area contributed by atoms with Crippen LogP contribution in [0.2, 0.25) is 0 Å². The average Bonchev–Trinajstić information content (AvgIpc) is 2.75. The number of aryl methyl sites for hydroxylation is 1. The summed E-state index contributed by atoms with van der Waals surface area (Å²) in [5, 5.41) is 3.98. The van der Waals surface area contributed by atoms with E-state index in [0.29, 0.717) is 24.3 Å². The second kappa shape index (κ2) is 8.66. The minimum absolute atomic E-state index is 0.127. The molecule has 1 aliphatic rings. The van der Waals surface area contributed by atoms with Gasteiger partial charge < -0.3 is 10.1 Å². The lowest BCUT2D eigenvalue weighted by atomic mass is 9.85. The maximum Gasteiger partial charge on any atom is 0.251 e. The number of fused-ring (bicyclic) bond motifs is 1. The smallest absolute Gasteiger partial charge is 0.251 e. The quantitative estimate of drug-likeness (QED) is 0.677. The fraction of sp³-hybridized carbons (Fsp3) is 0.320. The van der Waals surface area contributed by atoms with E-state index in [4.69, 9.17) is 4.74 Å². The monoisotopic (exact) mass is 402 g/mol. The molecule has 0 radical (unpaired) electrons. The first-order chi connectivity index (χ1) is 14.5. The summed E-state index contributed by atoms with van der Waals surface area (Å²) in [5.41, 5.74) is 3.50. The summed E-state index contributed by atoms with van der Waals surface area (Å²) in [6.07, 6.45) is 2.42. The van der Waals surface area contributed by atoms with Crippen molar-refractivity contribution in [2.45, 2.75) is 45.8 Å². The number of ketones is 1. The summed E-state index contributed by atoms with van der Waals surface area (Å²) in [4.78, 5) is 29.2. The van der Waals surface area contributed by atoms with Gasteiger partial charge in [0.25, 0.3) is 5.91 Å². The molecular weight excluding hydrogens is 376 g/mol. The number of nitrogens with one attached hydrogen (secondary N) is 1. The second-order valence-corrected chi connectivity index (χ2v) is 8.04. The molecule has 30 heavy (non-hydrogen) atoms. The van der Waals surface area contributed by atoms with Crippen LogP contribution in [0, 0.1) is 12.8 Å². The van der Waals surface area contributed by atoms with Crippen LogP contribution in [0.4, 0.5) is 0 Å². The largest absolute Gasteiger partial charge is 0.489 e. The highest BCUT2D eigenvalue weighted by Crippen LogP contribution is 2.23. The Hall–Kier alpha value is -3.21. The van der Waals surface area contributed by atoms with Crippen LogP contribution in [0.15, 0.2) is 54.6 Å². The van der Waals surface area contributed by atoms with Crippen molar-refractivity contribution in [1.29, 1.82) is 0 Å². The predicted octanol–water partition coefficient (Wildman–Crippen LogP) is 4.61. The topological polar surface area (TPSA) is 68.3 Å². The molecule has 2 aromatic carbocycles. The minimum Gasteiger partial charge on any atom is -0.489 e. The summed E-state index contributed by atoms with van der Waals surface area (Å²) in [7, 11) is 0. The van der Waals surface area contributed by atoms with E-state index in [-0.39, 0.29) is 23.7 Å². The Morgan fingerprint density at radius 1 is 1.17 bits per heavy atom. The lowest BCUT2D eigenvalue weighted by Crippen LogP contribution is -2.47. The van der Waals surface area contributed by atoms with Crippen molar-refractivity contribution in [3.8, 4) is 5.75 Å². The molecule has 0 saturated heterocycles. The molecule has 1 aliphatic carbocycles. The maximum absolute atomic E-state index is 12.6. The zero-order chi connectivity index (χ0) is 21.1. The molecule has 154 valence electrons. The molecule has 0 aliphatic heterocycles. The third-order valence-electron chi connectivity index (χ3n) is 5.73. The molecular formula is C25H26N2O3. The van der Waals surface area contributed by atoms with E-state index in [9.17, 15) is 9.59 Å². The van der Waals surface area contributed by atoms with E-state index < -0.39 is 0 Å². The van der Waals surface area contributed by atoms with Gasteiger partial charge in [0, 0.05) is 28.6 Å². The lowest BCUT2D eigenvalue weighted by Gasteiger charge is -2.28. The van der Waals surface area contributed by atoms with Crippen molar-refractivity contribution in [3.05, 3.63) is 71.4 Å². The standard InChI is InChI=1S/C25H26N2O3/c1-16-6-5-9-23(28)24(16)27-25(29)18-10-12-20(13-11-18)30-15-19-14-17(2)26-22-8-4-3-7-21(19)22/h3-4,7-8,10-14,16,24H,5-6,9,15H2,1-2H3,(H,27,29). The number of amides is 1. The molecule has 5 nitrogen and oxygen atoms in total. The first kappa shape index (κ1) is 20.1. The summed E-state index contributed by atoms with van der Waals surface area (Å²) in [5.74, 6) is 0.773. The van der Waals surface area contributed by atoms with Gasteiger partial charge in [0.1, 0.15) is 12.4 Å². The number of aromatic nitrogens is 1. The number of rotatable bonds is 5. The Balaban J connectivity index is 1.42. The zero-order valence-electron chi connectivity index (χ0n) is 17.4. The normalized spacial score (nSPS) is 18.9. The van der Waals surface area contributed by atoms with Crippen molar-refractivity contribution < 1.29 is 14.3 Å². The number of benzene rings is 2. The van der Waals surface area contributed by atoms with Crippen molar-refractivity contribution in [3.63, 3.8) is 0 Å². The Kier molecular flexibility index (Phi) is 5.79. The predicted molar refractivity (Wildman–Crippen MR) is 117 cm³/mol. The molecule has 5 heteroatoms. The van der Waals surface area contributed by atoms with Gasteiger partial charge in [-0.3, -0.25) is 14.6 Å². The molecule has 1 N–H and O–H groups in total. The SMILES string of the molecule is Cc1cc(COc2ccc(C(=O)NC3C(=O)CCCC3C)cc2)c2ccccc2n1. The van der Waals surface area contributed by atoms with Gasteiger partial charge in [0.2, 0.25) is 0 Å². The molecule has 1 saturated carbocycles. The van der Waals surface area contributed by atoms with Crippen LogP contribution in [0.25, 0.3) is 10.9 Å². The van der Waals surface area contributed by atoms with E-state index in [0.717, 1.165) is 35.0 Å². The minimum atomic E-state index is -0.384. The van der Waals surface area contributed by atoms with Crippen molar-refractivity contribution in [2.24, 2.45) is 5.92 Å². The van der Waals surface area contributed by atoms with E-state index >= 15 is 0 Å². The summed E-state index contributed by atoms with van der Waals surface area (Å²) in [6, 6.07) is 16.7. The van der Waals surface area contributed by atoms with E-state index in [2.05, 4.69) is 10.3 Å². The molecule has 1 heterocycles. The molecule has 1 amide bonds. The number of hydrogen-bond donors (Lipinski definition) is 1. The third kappa shape index (κ3) is 4.35. The summed E-state index contributed by atoms with van der Waals surface area (Å²) < 4.78 is 5.96. The molecule has 0 spiro atoms. The molecule has 2 atom stereocenters. The van der Waals surface area contributed by atoms with Crippen LogP contribution in [0.1, 0.15) is 47.8 Å². The highest BCUT2D eigenvalue weighted by Gasteiger charge is 2.30. The lowest BCUT2D eigenvalue weighted by molar-refractivity contribution is -0.123. The molecule has 0 bridgehead atoms. The molecule has 4 rings (SSSR count). The summed E-state index contributed by atoms with van der Waals surface area (Å²) in [6.45, 7) is 4.41. The Bertz CT molecular complexity index is 1080. The highest BCUT2D eigenvalue weighted by atomic mass is 16.5. The first-order valence-corrected chi connectivity index (χ1v) is 10.4. The van der Waals surface area contributed by atoms with Crippen LogP contribution in [0.5, 0.6) is 5.75 Å². The van der Waals surface area contributed by atoms with Gasteiger partial charge in [-0.25, -0.2) is 0 Å². The second-order valence-electron chi connectivity index (χ2n) is 8.04. The highest BCUT2D eigenvalue weighted by molar-refractivity contribution is 5.98. The fourth-order valence-electron chi connectivity index (χ4n) is 4.06. The molecule has 1 aromatic heterocycles. The number of hydrogen-bond acceptors (Lipinski definition) is 4. The van der Waals surface area contributed by atoms with Crippen LogP contribution >= 0.6 is 0 Å². The van der Waals surface area contributed by atoms with E-state index in [1.54, 1.807) is 24.3 Å². The van der Waals surface area contributed by atoms with Crippen molar-refractivity contribution in [2.75, 3.05) is 0 Å². The average molecular weight is 402 g/mol. The number of carbonyl (C=O) groups is 2. The van der Waals surface area contributed by atoms with Gasteiger partial charge in [0.05, 0.1) is 11.6 Å². The number of Topliss-reactive ketones (excluding diaryl/α,β-unsaturated/α-hetero) is 1. The van der Waals surface area contributed by atoms with Crippen molar-refractivity contribution in [1.82, 2.24) is 10.3 Å². The van der Waals surface area contributed by atoms with Crippen LogP contribution < -0.4 is 10.1 Å². The van der Waals surface area contributed by atoms with Gasteiger partial charge >= 0.3 is 0 Å². The first-order valence-electron chi connectivity index (χ1n) is 10.4. The van der Waals surface area contributed by atoms with E-state index in [1.807, 2.05) is 44.2 Å². The van der Waals surface area contributed by atoms with Gasteiger partial charge in [-0.2, -0.15) is 0 Å². The number of nitrogens with zero attached hydrogens (tertiary/aromatic N) is 1. The number of ether oxygens (including phenoxy) is 1. The van der Waals surface area contributed by atoms with Gasteiger partial charge in [-0.05, 0) is 62.1 Å². The van der Waals surface area contributed by atoms with Gasteiger partial charge in [0.15, 0.2) is 5.78 Å². The Labute approximate surface area is 176 Å². The molecule has 2 unspecified atom stereocenters. The zero-order valence-corrected chi connectivity index (χ0v) is 17.4. The Morgan fingerprint density at radius 2 is 1.93 bits per heavy atom. The van der Waals surface area contributed by atoms with Gasteiger partial charge in [-0.1, -0.05) is 25.1 Å². The number of pyridine rings is 1. The molecule has 3 aromatic rings. The van der Waals surface area contributed by atoms with E-state index in [1.165, 1.54) is 0 Å². The number of carbonyl (C=O) groups excluding carboxylic acids is 2. The molecule has 1 fully saturated rings. The summed E-state index contributed by atoms with van der Waals surface area (Å²) >= 11 is 0. The number of para-hydroxylation sites is 1. The fourth-order valence-corrected chi connectivity index (χ4v) is 4.06. The Morgan fingerprint density at radius 3 is 2.70 bits per heavy atom. The third-order valence-corrected chi connectivity index (χ3v) is 5.73. The van der Waals surface area contributed by atoms with Crippen LogP contribution in [0.3, 0.4) is 0 Å². The van der Waals surface area contributed by atoms with Crippen LogP contribution in [-0.4, -0.2) is 22.7 Å². The van der Waals surface area contributed by atoms with Crippen LogP contribution in [-0.2, 0) is 11.4 Å². The maximum atomic E-state index is 12.6.